The smallest absolute Gasteiger partial charge is 0.0627 e. The average molecular weight is 229 g/mol. The lowest BCUT2D eigenvalue weighted by molar-refractivity contribution is -0.0687. The van der Waals surface area contributed by atoms with Crippen LogP contribution in [0.15, 0.2) is 0 Å². The van der Waals surface area contributed by atoms with Gasteiger partial charge in [0.15, 0.2) is 0 Å². The Hall–Kier alpha value is -0.0800. The summed E-state index contributed by atoms with van der Waals surface area (Å²) in [6.07, 6.45) is 3.74. The molecule has 0 heterocycles. The van der Waals surface area contributed by atoms with Gasteiger partial charge >= 0.3 is 0 Å². The van der Waals surface area contributed by atoms with E-state index in [4.69, 9.17) is 4.74 Å². The van der Waals surface area contributed by atoms with Crippen LogP contribution in [-0.2, 0) is 4.74 Å². The summed E-state index contributed by atoms with van der Waals surface area (Å²) >= 11 is 0. The molecule has 0 aromatic rings. The molecule has 2 heteroatoms. The molecular formula is C14H31NO. The van der Waals surface area contributed by atoms with E-state index in [0.717, 1.165) is 19.4 Å². The quantitative estimate of drug-likeness (QED) is 0.671. The largest absolute Gasteiger partial charge is 0.373 e. The van der Waals surface area contributed by atoms with Crippen molar-refractivity contribution in [3.05, 3.63) is 0 Å². The molecule has 1 N–H and O–H groups in total. The van der Waals surface area contributed by atoms with Crippen LogP contribution in [0.4, 0.5) is 0 Å². The van der Waals surface area contributed by atoms with Crippen LogP contribution in [0.5, 0.6) is 0 Å². The Balaban J connectivity index is 3.63. The van der Waals surface area contributed by atoms with Gasteiger partial charge < -0.3 is 10.1 Å². The fourth-order valence-electron chi connectivity index (χ4n) is 1.54. The lowest BCUT2D eigenvalue weighted by atomic mass is 10.1. The molecule has 0 radical (unpaired) electrons. The maximum atomic E-state index is 5.99. The van der Waals surface area contributed by atoms with Gasteiger partial charge in [-0.2, -0.15) is 0 Å². The number of hydrogen-bond acceptors (Lipinski definition) is 2. The van der Waals surface area contributed by atoms with Crippen LogP contribution in [0.1, 0.15) is 67.7 Å². The van der Waals surface area contributed by atoms with Crippen molar-refractivity contribution < 1.29 is 4.74 Å². The second-order valence-corrected chi connectivity index (χ2v) is 6.36. The summed E-state index contributed by atoms with van der Waals surface area (Å²) in [6, 6.07) is 0. The Kier molecular flexibility index (Phi) is 6.57. The molecule has 0 aromatic carbocycles. The zero-order chi connectivity index (χ0) is 12.8. The first-order valence-corrected chi connectivity index (χ1v) is 6.59. The van der Waals surface area contributed by atoms with Gasteiger partial charge in [0.2, 0.25) is 0 Å². The van der Waals surface area contributed by atoms with Gasteiger partial charge in [0.25, 0.3) is 0 Å². The lowest BCUT2D eigenvalue weighted by Gasteiger charge is -2.28. The predicted molar refractivity (Wildman–Crippen MR) is 71.9 cm³/mol. The predicted octanol–water partition coefficient (Wildman–Crippen LogP) is 3.75. The summed E-state index contributed by atoms with van der Waals surface area (Å²) in [7, 11) is 0. The van der Waals surface area contributed by atoms with Crippen molar-refractivity contribution in [1.29, 1.82) is 0 Å². The molecule has 0 fully saturated rings. The number of rotatable bonds is 7. The minimum atomic E-state index is 0.0247. The van der Waals surface area contributed by atoms with Gasteiger partial charge in [-0.1, -0.05) is 6.92 Å². The van der Waals surface area contributed by atoms with E-state index in [9.17, 15) is 0 Å². The highest BCUT2D eigenvalue weighted by Crippen LogP contribution is 2.18. The first-order chi connectivity index (χ1) is 7.16. The van der Waals surface area contributed by atoms with Gasteiger partial charge in [-0.3, -0.25) is 0 Å². The van der Waals surface area contributed by atoms with Gasteiger partial charge in [-0.05, 0) is 67.3 Å². The van der Waals surface area contributed by atoms with Crippen molar-refractivity contribution in [2.45, 2.75) is 85.0 Å². The minimum absolute atomic E-state index is 0.0247. The highest BCUT2D eigenvalue weighted by molar-refractivity contribution is 4.71. The van der Waals surface area contributed by atoms with Gasteiger partial charge in [-0.15, -0.1) is 0 Å². The minimum Gasteiger partial charge on any atom is -0.373 e. The Bertz CT molecular complexity index is 182. The summed E-state index contributed by atoms with van der Waals surface area (Å²) in [5, 5.41) is 3.50. The number of nitrogens with one attached hydrogen (secondary N) is 1. The molecule has 98 valence electrons. The van der Waals surface area contributed by atoms with E-state index in [1.165, 1.54) is 6.42 Å². The molecule has 0 aliphatic rings. The van der Waals surface area contributed by atoms with E-state index in [1.807, 2.05) is 0 Å². The molecule has 2 nitrogen and oxygen atoms in total. The Labute approximate surface area is 102 Å². The van der Waals surface area contributed by atoms with Gasteiger partial charge in [-0.25, -0.2) is 0 Å². The summed E-state index contributed by atoms with van der Waals surface area (Å²) in [6.45, 7) is 16.4. The molecule has 0 bridgehead atoms. The molecule has 0 aliphatic heterocycles. The highest BCUT2D eigenvalue weighted by atomic mass is 16.5. The molecule has 0 saturated carbocycles. The van der Waals surface area contributed by atoms with Crippen molar-refractivity contribution in [2.24, 2.45) is 0 Å². The molecule has 1 atom stereocenters. The maximum absolute atomic E-state index is 5.99. The SMILES string of the molecule is CCC(C)(C)OC(C)CCCNC(C)(C)C. The van der Waals surface area contributed by atoms with Crippen molar-refractivity contribution in [2.75, 3.05) is 6.54 Å². The summed E-state index contributed by atoms with van der Waals surface area (Å²) in [4.78, 5) is 0. The van der Waals surface area contributed by atoms with Crippen LogP contribution in [-0.4, -0.2) is 23.8 Å². The van der Waals surface area contributed by atoms with Crippen molar-refractivity contribution >= 4 is 0 Å². The second-order valence-electron chi connectivity index (χ2n) is 6.36. The lowest BCUT2D eigenvalue weighted by Crippen LogP contribution is -2.37. The molecule has 0 amide bonds. The third kappa shape index (κ3) is 9.17. The fraction of sp³-hybridized carbons (Fsp3) is 1.00. The van der Waals surface area contributed by atoms with Crippen LogP contribution in [0, 0.1) is 0 Å². The van der Waals surface area contributed by atoms with Crippen LogP contribution in [0.25, 0.3) is 0 Å². The molecule has 0 spiro atoms. The van der Waals surface area contributed by atoms with E-state index >= 15 is 0 Å². The van der Waals surface area contributed by atoms with Gasteiger partial charge in [0, 0.05) is 5.54 Å². The second kappa shape index (κ2) is 6.61. The van der Waals surface area contributed by atoms with Crippen molar-refractivity contribution in [1.82, 2.24) is 5.32 Å². The van der Waals surface area contributed by atoms with Crippen molar-refractivity contribution in [3.63, 3.8) is 0 Å². The van der Waals surface area contributed by atoms with Gasteiger partial charge in [0.05, 0.1) is 11.7 Å². The first-order valence-electron chi connectivity index (χ1n) is 6.59. The van der Waals surface area contributed by atoms with E-state index in [0.29, 0.717) is 6.10 Å². The summed E-state index contributed by atoms with van der Waals surface area (Å²) in [5.41, 5.74) is 0.254. The van der Waals surface area contributed by atoms with Crippen LogP contribution in [0.2, 0.25) is 0 Å². The zero-order valence-electron chi connectivity index (χ0n) is 12.3. The fourth-order valence-corrected chi connectivity index (χ4v) is 1.54. The molecule has 1 unspecified atom stereocenters. The zero-order valence-corrected chi connectivity index (χ0v) is 12.3. The highest BCUT2D eigenvalue weighted by Gasteiger charge is 2.18. The topological polar surface area (TPSA) is 21.3 Å². The average Bonchev–Trinajstić information content (AvgIpc) is 2.10. The Morgan fingerprint density at radius 2 is 1.69 bits per heavy atom. The third-order valence-electron chi connectivity index (χ3n) is 2.81. The van der Waals surface area contributed by atoms with Crippen LogP contribution in [0.3, 0.4) is 0 Å². The van der Waals surface area contributed by atoms with E-state index in [-0.39, 0.29) is 11.1 Å². The molecule has 0 aromatic heterocycles. The molecular weight excluding hydrogens is 198 g/mol. The Morgan fingerprint density at radius 1 is 1.12 bits per heavy atom. The summed E-state index contributed by atoms with van der Waals surface area (Å²) < 4.78 is 5.99. The molecule has 0 aliphatic carbocycles. The van der Waals surface area contributed by atoms with E-state index in [1.54, 1.807) is 0 Å². The summed E-state index contributed by atoms with van der Waals surface area (Å²) in [5.74, 6) is 0. The van der Waals surface area contributed by atoms with Gasteiger partial charge in [0.1, 0.15) is 0 Å². The molecule has 16 heavy (non-hydrogen) atoms. The molecule has 0 saturated heterocycles. The third-order valence-corrected chi connectivity index (χ3v) is 2.81. The Morgan fingerprint density at radius 3 is 2.12 bits per heavy atom. The van der Waals surface area contributed by atoms with E-state index in [2.05, 4.69) is 53.8 Å². The molecule has 0 rings (SSSR count). The monoisotopic (exact) mass is 229 g/mol. The number of hydrogen-bond donors (Lipinski definition) is 1. The van der Waals surface area contributed by atoms with Crippen LogP contribution >= 0.6 is 0 Å². The van der Waals surface area contributed by atoms with Crippen LogP contribution < -0.4 is 5.32 Å². The van der Waals surface area contributed by atoms with Crippen molar-refractivity contribution in [3.8, 4) is 0 Å². The normalized spacial score (nSPS) is 15.2. The number of ether oxygens (including phenoxy) is 1. The maximum Gasteiger partial charge on any atom is 0.0627 e. The first kappa shape index (κ1) is 15.9. The van der Waals surface area contributed by atoms with E-state index < -0.39 is 0 Å². The standard InChI is InChI=1S/C14H31NO/c1-8-14(6,7)16-12(2)10-9-11-15-13(3,4)5/h12,15H,8-11H2,1-7H3.